The van der Waals surface area contributed by atoms with E-state index in [2.05, 4.69) is 19.2 Å². The molecule has 1 unspecified atom stereocenters. The number of likely N-dealkylation sites (tertiary alicyclic amines) is 1. The van der Waals surface area contributed by atoms with Gasteiger partial charge in [0.05, 0.1) is 6.42 Å². The van der Waals surface area contributed by atoms with Gasteiger partial charge in [-0.05, 0) is 79.4 Å². The lowest BCUT2D eigenvalue weighted by atomic mass is 9.47. The van der Waals surface area contributed by atoms with Crippen molar-refractivity contribution in [2.45, 2.75) is 87.6 Å². The lowest BCUT2D eigenvalue weighted by Crippen LogP contribution is -2.61. The lowest BCUT2D eigenvalue weighted by Gasteiger charge is -2.61. The maximum absolute atomic E-state index is 12.3. The van der Waals surface area contributed by atoms with Crippen LogP contribution in [-0.4, -0.2) is 51.4 Å². The molecule has 4 fully saturated rings. The first-order valence-electron chi connectivity index (χ1n) is 12.1. The van der Waals surface area contributed by atoms with Gasteiger partial charge in [-0.2, -0.15) is 0 Å². The number of nitrogens with zero attached hydrogens (tertiary/aromatic N) is 1. The molecule has 2 amide bonds. The third-order valence-electron chi connectivity index (χ3n) is 10.1. The first-order chi connectivity index (χ1) is 14.9. The van der Waals surface area contributed by atoms with E-state index in [1.807, 2.05) is 11.9 Å². The van der Waals surface area contributed by atoms with Crippen LogP contribution in [0, 0.1) is 34.5 Å². The molecule has 0 radical (unpaired) electrons. The average molecular weight is 508 g/mol. The highest BCUT2D eigenvalue weighted by Gasteiger charge is 2.61. The van der Waals surface area contributed by atoms with Gasteiger partial charge in [-0.1, -0.05) is 48.7 Å². The fraction of sp³-hybridized carbons (Fsp3) is 0.917. The zero-order valence-corrected chi connectivity index (χ0v) is 21.6. The number of aliphatic hydroxyl groups excluding tert-OH is 1. The average Bonchev–Trinajstić information content (AvgIpc) is 3.05. The highest BCUT2D eigenvalue weighted by Crippen LogP contribution is 2.66. The zero-order valence-electron chi connectivity index (χ0n) is 19.4. The van der Waals surface area contributed by atoms with Gasteiger partial charge in [-0.15, -0.1) is 0 Å². The molecule has 0 aromatic carbocycles. The maximum Gasteiger partial charge on any atom is 0.222 e. The SMILES string of the molecule is CN1C(=O)CC[C@]2(C)[C@H]3CC[C@]4(C)[C@@H](CNC(=O)CC(O)C(Cl)(Cl)Cl)CC[C@H]4[C@@H]3CC[C@@H]12. The molecule has 8 atom stereocenters. The molecule has 0 bridgehead atoms. The third-order valence-corrected chi connectivity index (χ3v) is 10.8. The first-order valence-corrected chi connectivity index (χ1v) is 13.3. The van der Waals surface area contributed by atoms with Crippen LogP contribution in [0.15, 0.2) is 0 Å². The van der Waals surface area contributed by atoms with Gasteiger partial charge in [0.25, 0.3) is 0 Å². The summed E-state index contributed by atoms with van der Waals surface area (Å²) < 4.78 is -1.85. The number of aliphatic hydroxyl groups is 1. The van der Waals surface area contributed by atoms with Crippen molar-refractivity contribution in [2.24, 2.45) is 34.5 Å². The van der Waals surface area contributed by atoms with Crippen molar-refractivity contribution in [1.82, 2.24) is 10.2 Å². The molecule has 2 N–H and O–H groups in total. The zero-order chi connectivity index (χ0) is 23.5. The van der Waals surface area contributed by atoms with Crippen molar-refractivity contribution in [3.63, 3.8) is 0 Å². The van der Waals surface area contributed by atoms with Crippen molar-refractivity contribution < 1.29 is 14.7 Å². The summed E-state index contributed by atoms with van der Waals surface area (Å²) in [5.74, 6) is 2.54. The van der Waals surface area contributed by atoms with Crippen LogP contribution in [0.3, 0.4) is 0 Å². The quantitative estimate of drug-likeness (QED) is 0.542. The molecule has 4 rings (SSSR count). The van der Waals surface area contributed by atoms with E-state index in [1.165, 1.54) is 25.7 Å². The number of amides is 2. The van der Waals surface area contributed by atoms with Crippen LogP contribution in [-0.2, 0) is 9.59 Å². The van der Waals surface area contributed by atoms with Gasteiger partial charge < -0.3 is 15.3 Å². The number of fused-ring (bicyclic) bond motifs is 5. The molecule has 5 nitrogen and oxygen atoms in total. The molecule has 3 saturated carbocycles. The van der Waals surface area contributed by atoms with Crippen molar-refractivity contribution >= 4 is 46.6 Å². The molecule has 0 aromatic rings. The lowest BCUT2D eigenvalue weighted by molar-refractivity contribution is -0.158. The number of nitrogens with one attached hydrogen (secondary N) is 1. The number of carbonyl (C=O) groups is 2. The van der Waals surface area contributed by atoms with E-state index in [4.69, 9.17) is 34.8 Å². The van der Waals surface area contributed by atoms with Crippen LogP contribution in [0.4, 0.5) is 0 Å². The maximum atomic E-state index is 12.3. The Labute approximate surface area is 206 Å². The Balaban J connectivity index is 1.41. The minimum Gasteiger partial charge on any atom is -0.388 e. The molecule has 3 aliphatic carbocycles. The van der Waals surface area contributed by atoms with Crippen molar-refractivity contribution in [2.75, 3.05) is 13.6 Å². The van der Waals surface area contributed by atoms with Gasteiger partial charge in [-0.3, -0.25) is 9.59 Å². The summed E-state index contributed by atoms with van der Waals surface area (Å²) in [4.78, 5) is 26.7. The Kier molecular flexibility index (Phi) is 6.82. The first kappa shape index (κ1) is 24.9. The number of hydrogen-bond donors (Lipinski definition) is 2. The third kappa shape index (κ3) is 4.18. The van der Waals surface area contributed by atoms with E-state index >= 15 is 0 Å². The smallest absolute Gasteiger partial charge is 0.222 e. The number of carbonyl (C=O) groups excluding carboxylic acids is 2. The highest BCUT2D eigenvalue weighted by molar-refractivity contribution is 6.68. The van der Waals surface area contributed by atoms with Crippen molar-refractivity contribution in [3.05, 3.63) is 0 Å². The monoisotopic (exact) mass is 506 g/mol. The number of piperidine rings is 1. The number of hydrogen-bond acceptors (Lipinski definition) is 3. The van der Waals surface area contributed by atoms with E-state index in [0.717, 1.165) is 19.3 Å². The van der Waals surface area contributed by atoms with Gasteiger partial charge in [0.15, 0.2) is 0 Å². The van der Waals surface area contributed by atoms with Crippen LogP contribution < -0.4 is 5.32 Å². The Morgan fingerprint density at radius 1 is 1.12 bits per heavy atom. The summed E-state index contributed by atoms with van der Waals surface area (Å²) >= 11 is 17.1. The number of rotatable bonds is 4. The van der Waals surface area contributed by atoms with E-state index in [1.54, 1.807) is 0 Å². The van der Waals surface area contributed by atoms with Gasteiger partial charge in [-0.25, -0.2) is 0 Å². The van der Waals surface area contributed by atoms with E-state index in [0.29, 0.717) is 48.6 Å². The van der Waals surface area contributed by atoms with E-state index in [9.17, 15) is 14.7 Å². The predicted octanol–water partition coefficient (Wildman–Crippen LogP) is 4.70. The molecule has 0 aromatic heterocycles. The van der Waals surface area contributed by atoms with Crippen molar-refractivity contribution in [3.8, 4) is 0 Å². The van der Waals surface area contributed by atoms with E-state index < -0.39 is 9.90 Å². The Hall–Kier alpha value is -0.230. The summed E-state index contributed by atoms with van der Waals surface area (Å²) in [6.07, 6.45) is 7.23. The summed E-state index contributed by atoms with van der Waals surface area (Å²) in [5, 5.41) is 12.9. The van der Waals surface area contributed by atoms with Crippen LogP contribution in [0.2, 0.25) is 0 Å². The van der Waals surface area contributed by atoms with E-state index in [-0.39, 0.29) is 23.2 Å². The molecule has 8 heteroatoms. The molecule has 4 aliphatic rings. The fourth-order valence-corrected chi connectivity index (χ4v) is 8.43. The molecule has 1 heterocycles. The number of halogens is 3. The largest absolute Gasteiger partial charge is 0.388 e. The second-order valence-corrected chi connectivity index (χ2v) is 13.7. The Bertz CT molecular complexity index is 759. The van der Waals surface area contributed by atoms with Crippen LogP contribution >= 0.6 is 34.8 Å². The van der Waals surface area contributed by atoms with Crippen LogP contribution in [0.1, 0.15) is 71.6 Å². The van der Waals surface area contributed by atoms with Gasteiger partial charge in [0.2, 0.25) is 15.6 Å². The number of alkyl halides is 3. The summed E-state index contributed by atoms with van der Waals surface area (Å²) in [5.41, 5.74) is 0.453. The van der Waals surface area contributed by atoms with Gasteiger partial charge in [0, 0.05) is 26.1 Å². The molecular weight excluding hydrogens is 471 g/mol. The minimum absolute atomic E-state index is 0.208. The minimum atomic E-state index is -1.85. The van der Waals surface area contributed by atoms with Crippen LogP contribution in [0.25, 0.3) is 0 Å². The second-order valence-electron chi connectivity index (χ2n) is 11.4. The fourth-order valence-electron chi connectivity index (χ4n) is 8.20. The molecule has 32 heavy (non-hydrogen) atoms. The molecular formula is C24H37Cl3N2O3. The Morgan fingerprint density at radius 3 is 2.50 bits per heavy atom. The molecule has 1 aliphatic heterocycles. The van der Waals surface area contributed by atoms with Crippen LogP contribution in [0.5, 0.6) is 0 Å². The van der Waals surface area contributed by atoms with Gasteiger partial charge in [0.1, 0.15) is 6.10 Å². The topological polar surface area (TPSA) is 69.6 Å². The normalized spacial score (nSPS) is 42.7. The highest BCUT2D eigenvalue weighted by atomic mass is 35.6. The molecule has 0 spiro atoms. The second kappa shape index (κ2) is 8.77. The Morgan fingerprint density at radius 2 is 1.81 bits per heavy atom. The molecule has 1 saturated heterocycles. The summed E-state index contributed by atoms with van der Waals surface area (Å²) in [7, 11) is 2.01. The summed E-state index contributed by atoms with van der Waals surface area (Å²) in [6, 6.07) is 0.384. The predicted molar refractivity (Wildman–Crippen MR) is 128 cm³/mol. The summed E-state index contributed by atoms with van der Waals surface area (Å²) in [6.45, 7) is 5.49. The molecule has 182 valence electrons. The van der Waals surface area contributed by atoms with Gasteiger partial charge >= 0.3 is 0 Å². The standard InChI is InChI=1S/C24H37Cl3N2O3/c1-22-10-8-17-15(5-7-18-23(17,2)11-9-21(32)29(18)3)16(22)6-4-14(22)13-28-20(31)12-19(30)24(25,26)27/h14-19,30H,4-13H2,1-3H3,(H,28,31)/t14-,15+,16+,17+,18-,19?,22-,23-/m1/s1. The van der Waals surface area contributed by atoms with Crippen molar-refractivity contribution in [1.29, 1.82) is 0 Å².